The van der Waals surface area contributed by atoms with Crippen molar-refractivity contribution in [3.8, 4) is 11.8 Å². The van der Waals surface area contributed by atoms with Crippen LogP contribution >= 0.6 is 0 Å². The molecule has 0 saturated carbocycles. The summed E-state index contributed by atoms with van der Waals surface area (Å²) in [5.41, 5.74) is 3.97. The minimum Gasteiger partial charge on any atom is -0.481 e. The first-order chi connectivity index (χ1) is 14.3. The molecule has 0 unspecified atom stereocenters. The van der Waals surface area contributed by atoms with Crippen molar-refractivity contribution in [1.29, 1.82) is 5.26 Å². The van der Waals surface area contributed by atoms with Crippen LogP contribution in [0.3, 0.4) is 0 Å². The fraction of sp³-hybridized carbons (Fsp3) is 0.435. The van der Waals surface area contributed by atoms with Crippen LogP contribution in [-0.4, -0.2) is 21.8 Å². The van der Waals surface area contributed by atoms with Crippen LogP contribution in [0.25, 0.3) is 0 Å². The van der Waals surface area contributed by atoms with E-state index in [1.807, 2.05) is 34.6 Å². The predicted octanol–water partition coefficient (Wildman–Crippen LogP) is 4.24. The molecule has 2 aromatic rings. The van der Waals surface area contributed by atoms with Crippen LogP contribution in [0, 0.1) is 18.3 Å². The molecule has 2 heterocycles. The zero-order valence-electron chi connectivity index (χ0n) is 18.2. The second-order valence-corrected chi connectivity index (χ2v) is 7.23. The fourth-order valence-corrected chi connectivity index (χ4v) is 3.15. The number of carboxylic acids is 1. The Balaban J connectivity index is 0.00000155. The Morgan fingerprint density at radius 1 is 1.33 bits per heavy atom. The van der Waals surface area contributed by atoms with E-state index in [9.17, 15) is 9.90 Å². The van der Waals surface area contributed by atoms with Crippen LogP contribution < -0.4 is 10.1 Å². The van der Waals surface area contributed by atoms with Gasteiger partial charge in [0.15, 0.2) is 0 Å². The highest BCUT2D eigenvalue weighted by Gasteiger charge is 2.30. The number of carboxylic acid groups (broad SMARTS) is 1. The van der Waals surface area contributed by atoms with Gasteiger partial charge < -0.3 is 19.9 Å². The summed E-state index contributed by atoms with van der Waals surface area (Å²) in [5.74, 6) is -0.886. The molecule has 1 aromatic heterocycles. The minimum absolute atomic E-state index is 0.0760. The van der Waals surface area contributed by atoms with Gasteiger partial charge in [0.25, 0.3) is 0 Å². The lowest BCUT2D eigenvalue weighted by Gasteiger charge is -2.34. The summed E-state index contributed by atoms with van der Waals surface area (Å²) in [7, 11) is 0. The maximum Gasteiger partial charge on any atom is 0.305 e. The molecule has 0 fully saturated rings. The molecule has 0 aliphatic carbocycles. The van der Waals surface area contributed by atoms with Gasteiger partial charge in [-0.2, -0.15) is 5.26 Å². The molecule has 7 heteroatoms. The number of fused-ring (bicyclic) bond motifs is 1. The molecule has 0 radical (unpaired) electrons. The molecule has 3 rings (SSSR count). The summed E-state index contributed by atoms with van der Waals surface area (Å²) in [6, 6.07) is 8.59. The molecular weight excluding hydrogens is 382 g/mol. The van der Waals surface area contributed by atoms with Gasteiger partial charge in [-0.25, -0.2) is 0 Å². The van der Waals surface area contributed by atoms with Crippen molar-refractivity contribution in [3.63, 3.8) is 0 Å². The van der Waals surface area contributed by atoms with Gasteiger partial charge >= 0.3 is 5.97 Å². The highest BCUT2D eigenvalue weighted by atomic mass is 16.7. The number of rotatable bonds is 6. The van der Waals surface area contributed by atoms with Crippen LogP contribution in [0.1, 0.15) is 68.1 Å². The summed E-state index contributed by atoms with van der Waals surface area (Å²) in [4.78, 5) is 15.7. The van der Waals surface area contributed by atoms with Crippen molar-refractivity contribution >= 4 is 5.97 Å². The Labute approximate surface area is 177 Å². The van der Waals surface area contributed by atoms with Gasteiger partial charge in [0.2, 0.25) is 5.79 Å². The normalized spacial score (nSPS) is 14.9. The van der Waals surface area contributed by atoms with Crippen molar-refractivity contribution in [3.05, 3.63) is 58.4 Å². The average molecular weight is 412 g/mol. The van der Waals surface area contributed by atoms with Crippen molar-refractivity contribution in [2.75, 3.05) is 0 Å². The highest BCUT2D eigenvalue weighted by Crippen LogP contribution is 2.35. The zero-order chi connectivity index (χ0) is 22.3. The van der Waals surface area contributed by atoms with Crippen molar-refractivity contribution in [1.82, 2.24) is 10.3 Å². The quantitative estimate of drug-likeness (QED) is 0.732. The molecule has 1 aliphatic heterocycles. The molecule has 7 nitrogen and oxygen atoms in total. The molecular formula is C23H29N3O4. The molecule has 30 heavy (non-hydrogen) atoms. The number of carbonyl (C=O) groups is 1. The molecule has 1 aliphatic rings. The van der Waals surface area contributed by atoms with Gasteiger partial charge in [0, 0.05) is 38.2 Å². The molecule has 1 atom stereocenters. The van der Waals surface area contributed by atoms with Crippen molar-refractivity contribution < 1.29 is 19.4 Å². The van der Waals surface area contributed by atoms with E-state index in [2.05, 4.69) is 16.4 Å². The fourth-order valence-electron chi connectivity index (χ4n) is 3.15. The first-order valence-electron chi connectivity index (χ1n) is 10.0. The number of pyridine rings is 1. The van der Waals surface area contributed by atoms with E-state index in [1.54, 1.807) is 30.5 Å². The minimum atomic E-state index is -0.903. The number of ether oxygens (including phenoxy) is 2. The maximum absolute atomic E-state index is 11.3. The Morgan fingerprint density at radius 3 is 2.60 bits per heavy atom. The van der Waals surface area contributed by atoms with Gasteiger partial charge in [0.05, 0.1) is 30.4 Å². The second-order valence-electron chi connectivity index (χ2n) is 7.23. The maximum atomic E-state index is 11.3. The monoisotopic (exact) mass is 411 g/mol. The van der Waals surface area contributed by atoms with Crippen molar-refractivity contribution in [2.24, 2.45) is 0 Å². The first-order valence-corrected chi connectivity index (χ1v) is 10.0. The van der Waals surface area contributed by atoms with Crippen LogP contribution in [0.5, 0.6) is 5.75 Å². The van der Waals surface area contributed by atoms with Gasteiger partial charge in [-0.3, -0.25) is 9.78 Å². The third-order valence-corrected chi connectivity index (χ3v) is 4.68. The number of nitrogens with one attached hydrogen (secondary N) is 1. The number of nitrogens with zero attached hydrogens (tertiary/aromatic N) is 2. The molecule has 160 valence electrons. The lowest BCUT2D eigenvalue weighted by Crippen LogP contribution is -2.36. The molecule has 1 aromatic carbocycles. The number of hydrogen-bond donors (Lipinski definition) is 2. The summed E-state index contributed by atoms with van der Waals surface area (Å²) >= 11 is 0. The predicted molar refractivity (Wildman–Crippen MR) is 113 cm³/mol. The van der Waals surface area contributed by atoms with E-state index in [0.717, 1.165) is 28.1 Å². The zero-order valence-corrected chi connectivity index (χ0v) is 18.2. The van der Waals surface area contributed by atoms with Crippen LogP contribution in [0.15, 0.2) is 30.5 Å². The van der Waals surface area contributed by atoms with Crippen LogP contribution in [-0.2, 0) is 22.7 Å². The van der Waals surface area contributed by atoms with E-state index >= 15 is 0 Å². The summed E-state index contributed by atoms with van der Waals surface area (Å²) in [6.45, 7) is 10.4. The smallest absolute Gasteiger partial charge is 0.305 e. The topological polar surface area (TPSA) is 104 Å². The number of aliphatic carboxylic acids is 1. The van der Waals surface area contributed by atoms with Gasteiger partial charge in [-0.05, 0) is 30.2 Å². The van der Waals surface area contributed by atoms with E-state index < -0.39 is 17.8 Å². The van der Waals surface area contributed by atoms with E-state index in [-0.39, 0.29) is 6.42 Å². The lowest BCUT2D eigenvalue weighted by molar-refractivity contribution is -0.180. The number of nitriles is 1. The number of aromatic nitrogens is 1. The first kappa shape index (κ1) is 23.3. The highest BCUT2D eigenvalue weighted by molar-refractivity contribution is 5.68. The lowest BCUT2D eigenvalue weighted by atomic mass is 10.0. The molecule has 0 saturated heterocycles. The van der Waals surface area contributed by atoms with Gasteiger partial charge in [-0.1, -0.05) is 26.0 Å². The second kappa shape index (κ2) is 10.2. The Morgan fingerprint density at radius 2 is 2.00 bits per heavy atom. The van der Waals surface area contributed by atoms with Gasteiger partial charge in [-0.15, -0.1) is 0 Å². The standard InChI is InChI=1S/C21H23N3O4.C2H6/c1-13-20-17(12-27-21(2,3)28-20)16(10-23-13)11-24-18(8-19(25)26)15-6-4-14(9-22)5-7-15;1-2/h4-7,10,18,24H,8,11-12H2,1-3H3,(H,25,26);1-2H3/t18-;/m1./s1. The van der Waals surface area contributed by atoms with E-state index in [0.29, 0.717) is 18.7 Å². The summed E-state index contributed by atoms with van der Waals surface area (Å²) < 4.78 is 11.7. The third kappa shape index (κ3) is 5.78. The average Bonchev–Trinajstić information content (AvgIpc) is 2.73. The number of benzene rings is 1. The largest absolute Gasteiger partial charge is 0.481 e. The SMILES string of the molecule is CC.Cc1ncc(CN[C@H](CC(=O)O)c2ccc(C#N)cc2)c2c1OC(C)(C)OC2. The molecule has 2 N–H and O–H groups in total. The van der Waals surface area contributed by atoms with Crippen molar-refractivity contribution in [2.45, 2.75) is 66.0 Å². The van der Waals surface area contributed by atoms with Crippen LogP contribution in [0.4, 0.5) is 0 Å². The summed E-state index contributed by atoms with van der Waals surface area (Å²) in [6.07, 6.45) is 1.69. The Bertz CT molecular complexity index is 917. The Kier molecular flexibility index (Phi) is 7.93. The van der Waals surface area contributed by atoms with E-state index in [4.69, 9.17) is 14.7 Å². The van der Waals surface area contributed by atoms with Crippen LogP contribution in [0.2, 0.25) is 0 Å². The molecule has 0 bridgehead atoms. The number of hydrogen-bond acceptors (Lipinski definition) is 6. The molecule has 0 amide bonds. The van der Waals surface area contributed by atoms with Gasteiger partial charge in [0.1, 0.15) is 5.75 Å². The van der Waals surface area contributed by atoms with E-state index in [1.165, 1.54) is 0 Å². The summed E-state index contributed by atoms with van der Waals surface area (Å²) in [5, 5.41) is 21.5. The number of aryl methyl sites for hydroxylation is 1. The Hall–Kier alpha value is -2.95. The third-order valence-electron chi connectivity index (χ3n) is 4.68. The molecule has 0 spiro atoms.